The van der Waals surface area contributed by atoms with E-state index < -0.39 is 7.37 Å². The molecule has 0 radical (unpaired) electrons. The van der Waals surface area contributed by atoms with Crippen LogP contribution in [0.2, 0.25) is 0 Å². The summed E-state index contributed by atoms with van der Waals surface area (Å²) in [6.45, 7) is 0.270. The van der Waals surface area contributed by atoms with E-state index in [9.17, 15) is 14.3 Å². The van der Waals surface area contributed by atoms with Gasteiger partial charge in [0, 0.05) is 18.7 Å². The number of carbonyl (C=O) groups excluding carboxylic acids is 1. The fourth-order valence-electron chi connectivity index (χ4n) is 2.39. The van der Waals surface area contributed by atoms with Crippen LogP contribution in [0.15, 0.2) is 60.7 Å². The van der Waals surface area contributed by atoms with Crippen LogP contribution in [0.4, 0.5) is 0 Å². The van der Waals surface area contributed by atoms with E-state index in [4.69, 9.17) is 4.74 Å². The minimum atomic E-state index is -3.19. The van der Waals surface area contributed by atoms with Gasteiger partial charge in [-0.05, 0) is 24.0 Å². The van der Waals surface area contributed by atoms with Gasteiger partial charge < -0.3 is 9.63 Å². The second kappa shape index (κ2) is 9.41. The highest BCUT2D eigenvalue weighted by atomic mass is 31.2. The molecule has 0 bridgehead atoms. The lowest BCUT2D eigenvalue weighted by Gasteiger charge is -2.11. The number of benzene rings is 2. The van der Waals surface area contributed by atoms with Crippen LogP contribution in [0.1, 0.15) is 30.4 Å². The molecule has 0 amide bonds. The molecule has 0 saturated heterocycles. The Hall–Kier alpha value is -1.90. The van der Waals surface area contributed by atoms with E-state index in [1.807, 2.05) is 60.7 Å². The fourth-order valence-corrected chi connectivity index (χ4v) is 4.04. The highest BCUT2D eigenvalue weighted by Gasteiger charge is 2.18. The van der Waals surface area contributed by atoms with Crippen molar-refractivity contribution in [2.75, 3.05) is 6.16 Å². The maximum atomic E-state index is 12.2. The second-order valence-corrected chi connectivity index (χ2v) is 8.27. The number of esters is 1. The smallest absolute Gasteiger partial charge is 0.306 e. The van der Waals surface area contributed by atoms with Crippen LogP contribution in [-0.4, -0.2) is 17.0 Å². The maximum absolute atomic E-state index is 12.2. The highest BCUT2D eigenvalue weighted by Crippen LogP contribution is 2.45. The van der Waals surface area contributed by atoms with Crippen molar-refractivity contribution < 1.29 is 19.0 Å². The average molecular weight is 346 g/mol. The fraction of sp³-hybridized carbons (Fsp3) is 0.316. The van der Waals surface area contributed by atoms with Crippen molar-refractivity contribution in [2.24, 2.45) is 0 Å². The van der Waals surface area contributed by atoms with E-state index in [0.29, 0.717) is 12.8 Å². The third-order valence-electron chi connectivity index (χ3n) is 3.65. The van der Waals surface area contributed by atoms with Gasteiger partial charge in [0.05, 0.1) is 0 Å². The van der Waals surface area contributed by atoms with Crippen molar-refractivity contribution in [3.63, 3.8) is 0 Å². The van der Waals surface area contributed by atoms with Crippen molar-refractivity contribution in [1.29, 1.82) is 0 Å². The molecule has 0 spiro atoms. The standard InChI is InChI=1S/C19H23O4P/c20-19(23-15-17-9-3-1-4-10-17)13-7-8-14-24(21,22)16-18-11-5-2-6-12-18/h1-6,9-12H,7-8,13-16H2,(H,21,22). The summed E-state index contributed by atoms with van der Waals surface area (Å²) in [7, 11) is -3.19. The van der Waals surface area contributed by atoms with Crippen LogP contribution in [0.3, 0.4) is 0 Å². The summed E-state index contributed by atoms with van der Waals surface area (Å²) in [4.78, 5) is 21.7. The SMILES string of the molecule is O=C(CCCCP(=O)(O)Cc1ccccc1)OCc1ccccc1. The molecule has 2 rings (SSSR count). The first-order valence-electron chi connectivity index (χ1n) is 8.09. The number of carbonyl (C=O) groups is 1. The van der Waals surface area contributed by atoms with Gasteiger partial charge in [-0.15, -0.1) is 0 Å². The molecular weight excluding hydrogens is 323 g/mol. The zero-order valence-electron chi connectivity index (χ0n) is 13.6. The van der Waals surface area contributed by atoms with E-state index in [-0.39, 0.29) is 31.3 Å². The second-order valence-electron chi connectivity index (χ2n) is 5.82. The van der Waals surface area contributed by atoms with Crippen molar-refractivity contribution in [3.8, 4) is 0 Å². The zero-order chi connectivity index (χ0) is 17.3. The number of ether oxygens (including phenoxy) is 1. The Morgan fingerprint density at radius 1 is 0.917 bits per heavy atom. The van der Waals surface area contributed by atoms with Crippen molar-refractivity contribution >= 4 is 13.3 Å². The molecule has 1 unspecified atom stereocenters. The lowest BCUT2D eigenvalue weighted by atomic mass is 10.2. The quantitative estimate of drug-likeness (QED) is 0.416. The Balaban J connectivity index is 1.63. The van der Waals surface area contributed by atoms with E-state index in [1.165, 1.54) is 0 Å². The molecule has 0 fully saturated rings. The summed E-state index contributed by atoms with van der Waals surface area (Å²) in [5, 5.41) is 0. The van der Waals surface area contributed by atoms with Gasteiger partial charge in [0.15, 0.2) is 0 Å². The van der Waals surface area contributed by atoms with Gasteiger partial charge in [-0.2, -0.15) is 0 Å². The van der Waals surface area contributed by atoms with Crippen molar-refractivity contribution in [3.05, 3.63) is 71.8 Å². The van der Waals surface area contributed by atoms with Crippen molar-refractivity contribution in [1.82, 2.24) is 0 Å². The first kappa shape index (κ1) is 18.4. The molecule has 0 aliphatic rings. The third kappa shape index (κ3) is 7.12. The maximum Gasteiger partial charge on any atom is 0.306 e. The van der Waals surface area contributed by atoms with E-state index in [1.54, 1.807) is 0 Å². The Labute approximate surface area is 142 Å². The number of hydrogen-bond acceptors (Lipinski definition) is 3. The molecule has 2 aromatic rings. The Morgan fingerprint density at radius 3 is 2.12 bits per heavy atom. The number of rotatable bonds is 9. The largest absolute Gasteiger partial charge is 0.461 e. The highest BCUT2D eigenvalue weighted by molar-refractivity contribution is 7.57. The Kier molecular flexibility index (Phi) is 7.23. The van der Waals surface area contributed by atoms with Crippen LogP contribution >= 0.6 is 7.37 Å². The molecule has 5 heteroatoms. The van der Waals surface area contributed by atoms with Crippen LogP contribution in [-0.2, 0) is 26.9 Å². The molecule has 128 valence electrons. The minimum absolute atomic E-state index is 0.187. The van der Waals surface area contributed by atoms with Gasteiger partial charge in [0.1, 0.15) is 6.61 Å². The van der Waals surface area contributed by atoms with Gasteiger partial charge >= 0.3 is 5.97 Å². The van der Waals surface area contributed by atoms with E-state index in [2.05, 4.69) is 0 Å². The Morgan fingerprint density at radius 2 is 1.50 bits per heavy atom. The molecule has 0 aliphatic carbocycles. The third-order valence-corrected chi connectivity index (χ3v) is 5.53. The summed E-state index contributed by atoms with van der Waals surface area (Å²) in [6, 6.07) is 18.8. The zero-order valence-corrected chi connectivity index (χ0v) is 14.5. The van der Waals surface area contributed by atoms with Gasteiger partial charge in [-0.25, -0.2) is 0 Å². The van der Waals surface area contributed by atoms with Crippen molar-refractivity contribution in [2.45, 2.75) is 32.0 Å². The molecule has 24 heavy (non-hydrogen) atoms. The molecule has 0 aliphatic heterocycles. The lowest BCUT2D eigenvalue weighted by Crippen LogP contribution is -2.05. The van der Waals surface area contributed by atoms with E-state index in [0.717, 1.165) is 11.1 Å². The van der Waals surface area contributed by atoms with Crippen LogP contribution in [0, 0.1) is 0 Å². The summed E-state index contributed by atoms with van der Waals surface area (Å²) in [5.41, 5.74) is 1.82. The van der Waals surface area contributed by atoms with Gasteiger partial charge in [0.2, 0.25) is 7.37 Å². The Bertz CT molecular complexity index is 670. The molecule has 0 heterocycles. The lowest BCUT2D eigenvalue weighted by molar-refractivity contribution is -0.145. The number of hydrogen-bond donors (Lipinski definition) is 1. The van der Waals surface area contributed by atoms with Crippen LogP contribution in [0.5, 0.6) is 0 Å². The van der Waals surface area contributed by atoms with Crippen LogP contribution < -0.4 is 0 Å². The summed E-state index contributed by atoms with van der Waals surface area (Å²) >= 11 is 0. The summed E-state index contributed by atoms with van der Waals surface area (Å²) in [6.07, 6.45) is 1.80. The van der Waals surface area contributed by atoms with Crippen LogP contribution in [0.25, 0.3) is 0 Å². The number of unbranched alkanes of at least 4 members (excludes halogenated alkanes) is 1. The van der Waals surface area contributed by atoms with E-state index >= 15 is 0 Å². The molecular formula is C19H23O4P. The molecule has 0 aromatic heterocycles. The molecule has 0 saturated carbocycles. The first-order chi connectivity index (χ1) is 11.6. The molecule has 1 N–H and O–H groups in total. The molecule has 4 nitrogen and oxygen atoms in total. The summed E-state index contributed by atoms with van der Waals surface area (Å²) in [5.74, 6) is -0.269. The first-order valence-corrected chi connectivity index (χ1v) is 10.1. The molecule has 1 atom stereocenters. The predicted molar refractivity (Wildman–Crippen MR) is 94.9 cm³/mol. The molecule has 2 aromatic carbocycles. The van der Waals surface area contributed by atoms with Gasteiger partial charge in [-0.1, -0.05) is 60.7 Å². The van der Waals surface area contributed by atoms with Gasteiger partial charge in [0.25, 0.3) is 0 Å². The normalized spacial score (nSPS) is 13.2. The average Bonchev–Trinajstić information content (AvgIpc) is 2.58. The minimum Gasteiger partial charge on any atom is -0.461 e. The predicted octanol–water partition coefficient (Wildman–Crippen LogP) is 4.37. The topological polar surface area (TPSA) is 63.6 Å². The monoisotopic (exact) mass is 346 g/mol. The van der Waals surface area contributed by atoms with Gasteiger partial charge in [-0.3, -0.25) is 9.36 Å². The summed E-state index contributed by atoms with van der Waals surface area (Å²) < 4.78 is 17.4.